The fourth-order valence-corrected chi connectivity index (χ4v) is 3.48. The normalized spacial score (nSPS) is 21.2. The highest BCUT2D eigenvalue weighted by Gasteiger charge is 2.27. The predicted molar refractivity (Wildman–Crippen MR) is 97.5 cm³/mol. The Hall–Kier alpha value is -1.34. The first-order chi connectivity index (χ1) is 11.9. The van der Waals surface area contributed by atoms with Gasteiger partial charge >= 0.3 is 6.09 Å². The SMILES string of the molecule is CC(C)(C)OC(=O)N1CCN(CC2CCN(CCNC=O)CC2)CC1. The zero-order valence-corrected chi connectivity index (χ0v) is 16.0. The third-order valence-electron chi connectivity index (χ3n) is 4.90. The van der Waals surface area contributed by atoms with E-state index in [0.29, 0.717) is 0 Å². The van der Waals surface area contributed by atoms with Crippen molar-refractivity contribution >= 4 is 12.5 Å². The Morgan fingerprint density at radius 2 is 1.72 bits per heavy atom. The Kier molecular flexibility index (Phi) is 7.50. The molecule has 0 aromatic rings. The fourth-order valence-electron chi connectivity index (χ4n) is 3.48. The molecule has 25 heavy (non-hydrogen) atoms. The lowest BCUT2D eigenvalue weighted by atomic mass is 9.96. The van der Waals surface area contributed by atoms with Crippen molar-refractivity contribution in [1.29, 1.82) is 0 Å². The van der Waals surface area contributed by atoms with Crippen LogP contribution in [0.2, 0.25) is 0 Å². The first-order valence-electron chi connectivity index (χ1n) is 9.47. The van der Waals surface area contributed by atoms with Crippen LogP contribution < -0.4 is 5.32 Å². The smallest absolute Gasteiger partial charge is 0.410 e. The molecule has 0 atom stereocenters. The number of hydrogen-bond acceptors (Lipinski definition) is 5. The molecule has 7 nitrogen and oxygen atoms in total. The monoisotopic (exact) mass is 354 g/mol. The summed E-state index contributed by atoms with van der Waals surface area (Å²) in [5.41, 5.74) is -0.427. The lowest BCUT2D eigenvalue weighted by Gasteiger charge is -2.39. The van der Waals surface area contributed by atoms with E-state index in [0.717, 1.165) is 71.2 Å². The van der Waals surface area contributed by atoms with Crippen LogP contribution >= 0.6 is 0 Å². The van der Waals surface area contributed by atoms with Crippen molar-refractivity contribution < 1.29 is 14.3 Å². The molecule has 0 spiro atoms. The van der Waals surface area contributed by atoms with Crippen molar-refractivity contribution in [3.8, 4) is 0 Å². The van der Waals surface area contributed by atoms with Crippen LogP contribution in [0.15, 0.2) is 0 Å². The van der Waals surface area contributed by atoms with Crippen molar-refractivity contribution in [3.05, 3.63) is 0 Å². The molecule has 0 saturated carbocycles. The number of rotatable bonds is 6. The topological polar surface area (TPSA) is 65.1 Å². The molecule has 144 valence electrons. The molecule has 0 radical (unpaired) electrons. The van der Waals surface area contributed by atoms with E-state index in [2.05, 4.69) is 15.1 Å². The Bertz CT molecular complexity index is 423. The van der Waals surface area contributed by atoms with E-state index in [-0.39, 0.29) is 6.09 Å². The van der Waals surface area contributed by atoms with Gasteiger partial charge < -0.3 is 19.9 Å². The summed E-state index contributed by atoms with van der Waals surface area (Å²) >= 11 is 0. The number of carbonyl (C=O) groups is 2. The minimum atomic E-state index is -0.427. The number of amides is 2. The van der Waals surface area contributed by atoms with E-state index in [1.54, 1.807) is 0 Å². The average Bonchev–Trinajstić information content (AvgIpc) is 2.56. The van der Waals surface area contributed by atoms with E-state index >= 15 is 0 Å². The molecule has 1 N–H and O–H groups in total. The maximum Gasteiger partial charge on any atom is 0.410 e. The summed E-state index contributed by atoms with van der Waals surface area (Å²) < 4.78 is 5.45. The van der Waals surface area contributed by atoms with Gasteiger partial charge in [0.05, 0.1) is 0 Å². The highest BCUT2D eigenvalue weighted by Crippen LogP contribution is 2.19. The Balaban J connectivity index is 1.62. The summed E-state index contributed by atoms with van der Waals surface area (Å²) in [6.07, 6.45) is 3.01. The summed E-state index contributed by atoms with van der Waals surface area (Å²) in [6, 6.07) is 0. The molecule has 2 fully saturated rings. The van der Waals surface area contributed by atoms with Crippen molar-refractivity contribution in [2.24, 2.45) is 5.92 Å². The summed E-state index contributed by atoms with van der Waals surface area (Å²) in [7, 11) is 0. The fraction of sp³-hybridized carbons (Fsp3) is 0.889. The predicted octanol–water partition coefficient (Wildman–Crippen LogP) is 0.997. The van der Waals surface area contributed by atoms with Gasteiger partial charge in [-0.3, -0.25) is 9.69 Å². The van der Waals surface area contributed by atoms with Gasteiger partial charge in [0.15, 0.2) is 0 Å². The molecular formula is C18H34N4O3. The van der Waals surface area contributed by atoms with E-state index in [1.807, 2.05) is 25.7 Å². The second kappa shape index (κ2) is 9.38. The van der Waals surface area contributed by atoms with Gasteiger partial charge in [-0.2, -0.15) is 0 Å². The molecule has 0 aromatic heterocycles. The molecule has 2 rings (SSSR count). The van der Waals surface area contributed by atoms with Crippen LogP contribution in [0.4, 0.5) is 4.79 Å². The van der Waals surface area contributed by atoms with Crippen molar-refractivity contribution in [1.82, 2.24) is 20.0 Å². The summed E-state index contributed by atoms with van der Waals surface area (Å²) in [5.74, 6) is 0.739. The molecule has 2 heterocycles. The largest absolute Gasteiger partial charge is 0.444 e. The number of ether oxygens (including phenoxy) is 1. The second-order valence-corrected chi connectivity index (χ2v) is 8.12. The molecule has 2 aliphatic rings. The Labute approximate surface area is 151 Å². The van der Waals surface area contributed by atoms with Crippen molar-refractivity contribution in [2.75, 3.05) is 58.9 Å². The lowest BCUT2D eigenvalue weighted by molar-refractivity contribution is -0.109. The maximum atomic E-state index is 12.1. The summed E-state index contributed by atoms with van der Waals surface area (Å²) in [6.45, 7) is 14.1. The van der Waals surface area contributed by atoms with Gasteiger partial charge in [0.2, 0.25) is 6.41 Å². The molecule has 2 amide bonds. The third-order valence-corrected chi connectivity index (χ3v) is 4.90. The quantitative estimate of drug-likeness (QED) is 0.569. The van der Waals surface area contributed by atoms with Crippen LogP contribution in [0.5, 0.6) is 0 Å². The Morgan fingerprint density at radius 1 is 1.08 bits per heavy atom. The second-order valence-electron chi connectivity index (χ2n) is 8.12. The first kappa shape index (κ1) is 20.0. The van der Waals surface area contributed by atoms with Gasteiger partial charge in [-0.25, -0.2) is 4.79 Å². The van der Waals surface area contributed by atoms with Gasteiger partial charge in [0.25, 0.3) is 0 Å². The zero-order chi connectivity index (χ0) is 18.3. The molecule has 0 aromatic carbocycles. The van der Waals surface area contributed by atoms with Crippen LogP contribution in [0.25, 0.3) is 0 Å². The van der Waals surface area contributed by atoms with Crippen LogP contribution in [0.1, 0.15) is 33.6 Å². The molecule has 0 bridgehead atoms. The number of carbonyl (C=O) groups excluding carboxylic acids is 2. The standard InChI is InChI=1S/C18H34N4O3/c1-18(2,3)25-17(24)22-12-10-21(11-13-22)14-16-4-7-20(8-5-16)9-6-19-15-23/h15-16H,4-14H2,1-3H3,(H,19,23). The third kappa shape index (κ3) is 7.20. The van der Waals surface area contributed by atoms with Gasteiger partial charge in [-0.15, -0.1) is 0 Å². The lowest BCUT2D eigenvalue weighted by Crippen LogP contribution is -2.51. The molecule has 0 aliphatic carbocycles. The molecule has 0 unspecified atom stereocenters. The molecular weight excluding hydrogens is 320 g/mol. The molecule has 7 heteroatoms. The van der Waals surface area contributed by atoms with E-state index in [4.69, 9.17) is 4.74 Å². The van der Waals surface area contributed by atoms with Crippen molar-refractivity contribution in [3.63, 3.8) is 0 Å². The molecule has 2 aliphatic heterocycles. The van der Waals surface area contributed by atoms with Gasteiger partial charge in [0, 0.05) is 45.8 Å². The van der Waals surface area contributed by atoms with Crippen LogP contribution in [0.3, 0.4) is 0 Å². The van der Waals surface area contributed by atoms with E-state index in [1.165, 1.54) is 12.8 Å². The number of nitrogens with zero attached hydrogens (tertiary/aromatic N) is 3. The minimum absolute atomic E-state index is 0.190. The summed E-state index contributed by atoms with van der Waals surface area (Å²) in [5, 5.41) is 2.73. The van der Waals surface area contributed by atoms with Gasteiger partial charge in [-0.1, -0.05) is 0 Å². The maximum absolute atomic E-state index is 12.1. The van der Waals surface area contributed by atoms with Crippen LogP contribution in [-0.4, -0.2) is 91.7 Å². The van der Waals surface area contributed by atoms with Gasteiger partial charge in [-0.05, 0) is 52.6 Å². The first-order valence-corrected chi connectivity index (χ1v) is 9.47. The number of piperidine rings is 1. The average molecular weight is 354 g/mol. The highest BCUT2D eigenvalue weighted by atomic mass is 16.6. The number of nitrogens with one attached hydrogen (secondary N) is 1. The van der Waals surface area contributed by atoms with E-state index in [9.17, 15) is 9.59 Å². The number of hydrogen-bond donors (Lipinski definition) is 1. The molecule has 2 saturated heterocycles. The Morgan fingerprint density at radius 3 is 2.28 bits per heavy atom. The number of piperazine rings is 1. The van der Waals surface area contributed by atoms with Gasteiger partial charge in [0.1, 0.15) is 5.60 Å². The van der Waals surface area contributed by atoms with E-state index < -0.39 is 5.60 Å². The summed E-state index contributed by atoms with van der Waals surface area (Å²) in [4.78, 5) is 29.1. The van der Waals surface area contributed by atoms with Crippen molar-refractivity contribution in [2.45, 2.75) is 39.2 Å². The van der Waals surface area contributed by atoms with Crippen LogP contribution in [0, 0.1) is 5.92 Å². The number of likely N-dealkylation sites (tertiary alicyclic amines) is 1. The zero-order valence-electron chi connectivity index (χ0n) is 16.0. The van der Waals surface area contributed by atoms with Crippen LogP contribution in [-0.2, 0) is 9.53 Å². The minimum Gasteiger partial charge on any atom is -0.444 e. The highest BCUT2D eigenvalue weighted by molar-refractivity contribution is 5.68.